The molecule has 5 heteroatoms. The van der Waals surface area contributed by atoms with E-state index in [0.29, 0.717) is 0 Å². The van der Waals surface area contributed by atoms with Crippen molar-refractivity contribution < 1.29 is 0 Å². The number of hydrogen-bond donors (Lipinski definition) is 0. The quantitative estimate of drug-likeness (QED) is 0.515. The van der Waals surface area contributed by atoms with Crippen LogP contribution in [-0.2, 0) is 0 Å². The van der Waals surface area contributed by atoms with Crippen LogP contribution < -0.4 is 0 Å². The molecule has 0 saturated carbocycles. The zero-order valence-corrected chi connectivity index (χ0v) is 6.83. The standard InChI is InChI=1S/CH2S5/c1-2-4-6-5-3-1/h1H2. The highest BCUT2D eigenvalue weighted by atomic mass is 33.8. The van der Waals surface area contributed by atoms with Gasteiger partial charge in [-0.1, -0.05) is 21.6 Å². The van der Waals surface area contributed by atoms with Crippen molar-refractivity contribution in [3.05, 3.63) is 0 Å². The number of hydrogen-bond acceptors (Lipinski definition) is 5. The minimum absolute atomic E-state index is 1.24. The lowest BCUT2D eigenvalue weighted by atomic mass is 11.9. The van der Waals surface area contributed by atoms with E-state index in [0.717, 1.165) is 0 Å². The predicted octanol–water partition coefficient (Wildman–Crippen LogP) is 3.28. The predicted molar refractivity (Wildman–Crippen MR) is 42.8 cm³/mol. The molecule has 0 aromatic carbocycles. The van der Waals surface area contributed by atoms with Crippen LogP contribution in [0.3, 0.4) is 0 Å². The van der Waals surface area contributed by atoms with Gasteiger partial charge in [0, 0.05) is 0 Å². The second-order valence-corrected chi connectivity index (χ2v) is 8.69. The lowest BCUT2D eigenvalue weighted by molar-refractivity contribution is 2.36. The van der Waals surface area contributed by atoms with E-state index < -0.39 is 0 Å². The third-order valence-electron chi connectivity index (χ3n) is 0.248. The minimum Gasteiger partial charge on any atom is -0.0698 e. The Hall–Kier alpha value is 1.75. The molecule has 0 atom stereocenters. The topological polar surface area (TPSA) is 0 Å². The fourth-order valence-corrected chi connectivity index (χ4v) is 10.7. The Bertz CT molecular complexity index is 19.4. The largest absolute Gasteiger partial charge is 0.0698 e. The summed E-state index contributed by atoms with van der Waals surface area (Å²) in [4.78, 5) is 0. The molecule has 1 aliphatic heterocycles. The first-order chi connectivity index (χ1) is 3.00. The van der Waals surface area contributed by atoms with E-state index in [1.54, 1.807) is 0 Å². The monoisotopic (exact) mass is 174 g/mol. The van der Waals surface area contributed by atoms with Gasteiger partial charge in [-0.3, -0.25) is 0 Å². The summed E-state index contributed by atoms with van der Waals surface area (Å²) in [5.74, 6) is 0. The first-order valence-electron chi connectivity index (χ1n) is 1.24. The second kappa shape index (κ2) is 3.72. The number of rotatable bonds is 0. The van der Waals surface area contributed by atoms with Gasteiger partial charge in [0.15, 0.2) is 0 Å². The van der Waals surface area contributed by atoms with Crippen LogP contribution in [0.4, 0.5) is 0 Å². The summed E-state index contributed by atoms with van der Waals surface area (Å²) in [6.07, 6.45) is 0. The Balaban J connectivity index is 2.00. The Kier molecular flexibility index (Phi) is 3.64. The van der Waals surface area contributed by atoms with Gasteiger partial charge < -0.3 is 0 Å². The fraction of sp³-hybridized carbons (Fsp3) is 1.00. The molecular formula is CH2S5. The maximum Gasteiger partial charge on any atom is 0.0616 e. The van der Waals surface area contributed by atoms with Gasteiger partial charge in [0.2, 0.25) is 0 Å². The maximum absolute atomic E-state index is 1.92. The van der Waals surface area contributed by atoms with Crippen molar-refractivity contribution >= 4 is 51.1 Å². The molecule has 0 bridgehead atoms. The minimum atomic E-state index is 1.24. The van der Waals surface area contributed by atoms with Crippen LogP contribution in [0.15, 0.2) is 0 Å². The van der Waals surface area contributed by atoms with Gasteiger partial charge in [-0.15, -0.1) is 0 Å². The first-order valence-corrected chi connectivity index (χ1v) is 7.73. The summed E-state index contributed by atoms with van der Waals surface area (Å²) >= 11 is 0. The maximum atomic E-state index is 1.92. The molecule has 0 radical (unpaired) electrons. The van der Waals surface area contributed by atoms with Gasteiger partial charge in [-0.25, -0.2) is 0 Å². The van der Waals surface area contributed by atoms with Crippen LogP contribution in [0.25, 0.3) is 0 Å². The van der Waals surface area contributed by atoms with E-state index in [1.165, 1.54) is 5.08 Å². The van der Waals surface area contributed by atoms with Crippen molar-refractivity contribution in [2.45, 2.75) is 0 Å². The van der Waals surface area contributed by atoms with Crippen LogP contribution in [0.1, 0.15) is 0 Å². The van der Waals surface area contributed by atoms with Crippen molar-refractivity contribution in [1.29, 1.82) is 0 Å². The van der Waals surface area contributed by atoms with Crippen molar-refractivity contribution in [2.24, 2.45) is 0 Å². The molecule has 0 amide bonds. The van der Waals surface area contributed by atoms with Gasteiger partial charge in [0.1, 0.15) is 0 Å². The van der Waals surface area contributed by atoms with Crippen molar-refractivity contribution in [2.75, 3.05) is 5.08 Å². The molecule has 1 heterocycles. The molecule has 0 N–H and O–H groups in total. The zero-order valence-electron chi connectivity index (χ0n) is 2.75. The van der Waals surface area contributed by atoms with Crippen LogP contribution in [0, 0.1) is 0 Å². The summed E-state index contributed by atoms with van der Waals surface area (Å²) < 4.78 is 0. The molecule has 1 saturated heterocycles. The van der Waals surface area contributed by atoms with Crippen molar-refractivity contribution in [1.82, 2.24) is 0 Å². The van der Waals surface area contributed by atoms with Gasteiger partial charge in [0.05, 0.1) is 5.08 Å². The van der Waals surface area contributed by atoms with Gasteiger partial charge in [-0.05, 0) is 29.5 Å². The van der Waals surface area contributed by atoms with E-state index in [2.05, 4.69) is 0 Å². The summed E-state index contributed by atoms with van der Waals surface area (Å²) in [5, 5.41) is 1.24. The Morgan fingerprint density at radius 1 is 0.833 bits per heavy atom. The smallest absolute Gasteiger partial charge is 0.0616 e. The van der Waals surface area contributed by atoms with E-state index >= 15 is 0 Å². The summed E-state index contributed by atoms with van der Waals surface area (Å²) in [7, 11) is 9.43. The van der Waals surface area contributed by atoms with Gasteiger partial charge in [-0.2, -0.15) is 0 Å². The van der Waals surface area contributed by atoms with Crippen molar-refractivity contribution in [3.8, 4) is 0 Å². The van der Waals surface area contributed by atoms with E-state index in [1.807, 2.05) is 51.1 Å². The third-order valence-corrected chi connectivity index (χ3v) is 9.70. The Labute approximate surface area is 55.9 Å². The highest BCUT2D eigenvalue weighted by molar-refractivity contribution is 9.38. The lowest BCUT2D eigenvalue weighted by Crippen LogP contribution is -1.57. The molecule has 36 valence electrons. The molecule has 0 aliphatic carbocycles. The van der Waals surface area contributed by atoms with Crippen LogP contribution in [0.5, 0.6) is 0 Å². The molecule has 0 unspecified atom stereocenters. The van der Waals surface area contributed by atoms with E-state index in [-0.39, 0.29) is 0 Å². The average Bonchev–Trinajstić information content (AvgIpc) is 1.72. The molecule has 6 heavy (non-hydrogen) atoms. The molecule has 0 aromatic heterocycles. The van der Waals surface area contributed by atoms with Crippen LogP contribution in [0.2, 0.25) is 0 Å². The Morgan fingerprint density at radius 3 is 1.67 bits per heavy atom. The van der Waals surface area contributed by atoms with Crippen LogP contribution in [-0.4, -0.2) is 5.08 Å². The molecule has 1 fully saturated rings. The normalized spacial score (nSPS) is 24.0. The summed E-state index contributed by atoms with van der Waals surface area (Å²) in [5.41, 5.74) is 0. The lowest BCUT2D eigenvalue weighted by Gasteiger charge is -2.02. The van der Waals surface area contributed by atoms with Crippen LogP contribution >= 0.6 is 51.1 Å². The molecule has 0 aromatic rings. The van der Waals surface area contributed by atoms with E-state index in [4.69, 9.17) is 0 Å². The van der Waals surface area contributed by atoms with Gasteiger partial charge >= 0.3 is 0 Å². The molecule has 0 nitrogen and oxygen atoms in total. The SMILES string of the molecule is C1SSSSS1. The summed E-state index contributed by atoms with van der Waals surface area (Å²) in [6.45, 7) is 0. The average molecular weight is 174 g/mol. The fourth-order valence-electron chi connectivity index (χ4n) is 0.110. The van der Waals surface area contributed by atoms with Crippen molar-refractivity contribution in [3.63, 3.8) is 0 Å². The zero-order chi connectivity index (χ0) is 4.24. The molecular weight excluding hydrogens is 172 g/mol. The second-order valence-electron chi connectivity index (χ2n) is 0.558. The highest BCUT2D eigenvalue weighted by Gasteiger charge is 1.99. The highest BCUT2D eigenvalue weighted by Crippen LogP contribution is 2.55. The summed E-state index contributed by atoms with van der Waals surface area (Å²) in [6, 6.07) is 0. The molecule has 0 spiro atoms. The first kappa shape index (κ1) is 5.88. The van der Waals surface area contributed by atoms with E-state index in [9.17, 15) is 0 Å². The Morgan fingerprint density at radius 2 is 1.50 bits per heavy atom. The third kappa shape index (κ3) is 2.16. The molecule has 1 aliphatic rings. The van der Waals surface area contributed by atoms with Gasteiger partial charge in [0.25, 0.3) is 0 Å². The molecule has 1 rings (SSSR count).